The van der Waals surface area contributed by atoms with Gasteiger partial charge in [0.2, 0.25) is 0 Å². The number of oxazole rings is 1. The number of carbonyl (C=O) groups excluding carboxylic acids is 1. The van der Waals surface area contributed by atoms with Crippen molar-refractivity contribution in [3.8, 4) is 11.3 Å². The fourth-order valence-corrected chi connectivity index (χ4v) is 4.29. The van der Waals surface area contributed by atoms with Gasteiger partial charge >= 0.3 is 12.1 Å². The Labute approximate surface area is 140 Å². The third kappa shape index (κ3) is 2.06. The number of fused-ring (bicyclic) bond motifs is 2. The van der Waals surface area contributed by atoms with Crippen molar-refractivity contribution in [1.29, 1.82) is 0 Å². The molecule has 4 saturated heterocycles. The Kier molecular flexibility index (Phi) is 2.97. The zero-order chi connectivity index (χ0) is 16.1. The van der Waals surface area contributed by atoms with Gasteiger partial charge < -0.3 is 9.15 Å². The molecule has 1 aromatic heterocycles. The number of piperidine rings is 3. The monoisotopic (exact) mass is 325 g/mol. The lowest BCUT2D eigenvalue weighted by molar-refractivity contribution is -0.0881. The Morgan fingerprint density at radius 3 is 2.62 bits per heavy atom. The van der Waals surface area contributed by atoms with Gasteiger partial charge in [-0.3, -0.25) is 4.90 Å². The molecule has 0 aliphatic carbocycles. The molecule has 2 bridgehead atoms. The molecule has 24 heavy (non-hydrogen) atoms. The molecule has 1 amide bonds. The van der Waals surface area contributed by atoms with Crippen molar-refractivity contribution >= 4 is 12.1 Å². The Balaban J connectivity index is 1.42. The predicted molar refractivity (Wildman–Crippen MR) is 87.7 cm³/mol. The second kappa shape index (κ2) is 5.08. The first-order valence-electron chi connectivity index (χ1n) is 8.47. The molecule has 4 fully saturated rings. The predicted octanol–water partition coefficient (Wildman–Crippen LogP) is 2.76. The summed E-state index contributed by atoms with van der Waals surface area (Å²) in [5.41, 5.74) is 1.31. The van der Waals surface area contributed by atoms with Crippen LogP contribution in [0.15, 0.2) is 41.0 Å². The van der Waals surface area contributed by atoms with E-state index in [1.807, 2.05) is 30.3 Å². The maximum absolute atomic E-state index is 12.5. The van der Waals surface area contributed by atoms with Crippen molar-refractivity contribution in [1.82, 2.24) is 9.88 Å². The summed E-state index contributed by atoms with van der Waals surface area (Å²) in [5.74, 6) is 0.444. The van der Waals surface area contributed by atoms with Crippen molar-refractivity contribution < 1.29 is 13.9 Å². The summed E-state index contributed by atoms with van der Waals surface area (Å²) in [6.07, 6.45) is 3.45. The number of nitrogens with zero attached hydrogens (tertiary/aromatic N) is 3. The minimum atomic E-state index is -0.394. The van der Waals surface area contributed by atoms with Gasteiger partial charge in [-0.1, -0.05) is 30.3 Å². The standard InChI is InChI=1S/C18H19N3O3/c22-17-21(12-18(24-17)11-20-8-6-14(18)7-9-20)16-19-15(10-23-16)13-4-2-1-3-5-13/h1-5,10,14H,6-9,11-12H2/t18-/m1/s1. The first-order chi connectivity index (χ1) is 11.7. The summed E-state index contributed by atoms with van der Waals surface area (Å²) in [5, 5.41) is 0. The molecule has 0 N–H and O–H groups in total. The van der Waals surface area contributed by atoms with Crippen LogP contribution >= 0.6 is 0 Å². The van der Waals surface area contributed by atoms with Crippen molar-refractivity contribution in [2.75, 3.05) is 31.1 Å². The average Bonchev–Trinajstić information content (AvgIpc) is 3.22. The van der Waals surface area contributed by atoms with Crippen LogP contribution in [0.5, 0.6) is 0 Å². The summed E-state index contributed by atoms with van der Waals surface area (Å²) >= 11 is 0. The van der Waals surface area contributed by atoms with Crippen LogP contribution in [0.4, 0.5) is 10.8 Å². The van der Waals surface area contributed by atoms with Crippen molar-refractivity contribution in [2.24, 2.45) is 5.92 Å². The molecule has 6 heteroatoms. The van der Waals surface area contributed by atoms with E-state index >= 15 is 0 Å². The van der Waals surface area contributed by atoms with Crippen LogP contribution in [0, 0.1) is 5.92 Å². The summed E-state index contributed by atoms with van der Waals surface area (Å²) < 4.78 is 11.4. The quantitative estimate of drug-likeness (QED) is 0.850. The molecular formula is C18H19N3O3. The number of aromatic nitrogens is 1. The molecule has 0 saturated carbocycles. The van der Waals surface area contributed by atoms with Crippen LogP contribution in [0.25, 0.3) is 11.3 Å². The highest BCUT2D eigenvalue weighted by Gasteiger charge is 2.56. The van der Waals surface area contributed by atoms with Gasteiger partial charge in [0, 0.05) is 18.0 Å². The Morgan fingerprint density at radius 1 is 1.12 bits per heavy atom. The van der Waals surface area contributed by atoms with Crippen LogP contribution in [0.3, 0.4) is 0 Å². The van der Waals surface area contributed by atoms with Crippen molar-refractivity contribution in [3.05, 3.63) is 36.6 Å². The van der Waals surface area contributed by atoms with Gasteiger partial charge in [0.25, 0.3) is 0 Å². The van der Waals surface area contributed by atoms with Gasteiger partial charge in [0.15, 0.2) is 0 Å². The van der Waals surface area contributed by atoms with E-state index in [9.17, 15) is 4.79 Å². The molecule has 4 aliphatic heterocycles. The van der Waals surface area contributed by atoms with Crippen LogP contribution in [-0.4, -0.2) is 47.8 Å². The number of amides is 1. The first-order valence-corrected chi connectivity index (χ1v) is 8.47. The van der Waals surface area contributed by atoms with E-state index in [4.69, 9.17) is 9.15 Å². The van der Waals surface area contributed by atoms with Crippen molar-refractivity contribution in [3.63, 3.8) is 0 Å². The van der Waals surface area contributed by atoms with Crippen LogP contribution in [-0.2, 0) is 4.74 Å². The third-order valence-corrected chi connectivity index (χ3v) is 5.55. The number of anilines is 1. The maximum atomic E-state index is 12.5. The Hall–Kier alpha value is -2.34. The number of carbonyl (C=O) groups is 1. The van der Waals surface area contributed by atoms with Crippen LogP contribution in [0.2, 0.25) is 0 Å². The zero-order valence-electron chi connectivity index (χ0n) is 13.4. The van der Waals surface area contributed by atoms with Gasteiger partial charge in [-0.05, 0) is 25.9 Å². The van der Waals surface area contributed by atoms with Gasteiger partial charge in [0.1, 0.15) is 17.6 Å². The van der Waals surface area contributed by atoms with E-state index in [-0.39, 0.29) is 6.09 Å². The topological polar surface area (TPSA) is 58.8 Å². The fourth-order valence-electron chi connectivity index (χ4n) is 4.29. The molecule has 1 aromatic carbocycles. The number of hydrogen-bond acceptors (Lipinski definition) is 5. The highest BCUT2D eigenvalue weighted by Crippen LogP contribution is 2.43. The lowest BCUT2D eigenvalue weighted by Gasteiger charge is -2.49. The summed E-state index contributed by atoms with van der Waals surface area (Å²) in [6.45, 7) is 3.58. The largest absolute Gasteiger partial charge is 0.439 e. The highest BCUT2D eigenvalue weighted by molar-refractivity contribution is 5.88. The average molecular weight is 325 g/mol. The van der Waals surface area contributed by atoms with Crippen LogP contribution in [0.1, 0.15) is 12.8 Å². The molecule has 1 atom stereocenters. The molecule has 0 radical (unpaired) electrons. The summed E-state index contributed by atoms with van der Waals surface area (Å²) in [7, 11) is 0. The number of ether oxygens (including phenoxy) is 1. The molecule has 4 aliphatic rings. The van der Waals surface area contributed by atoms with E-state index in [1.165, 1.54) is 0 Å². The van der Waals surface area contributed by atoms with Crippen molar-refractivity contribution in [2.45, 2.75) is 18.4 Å². The minimum absolute atomic E-state index is 0.326. The molecule has 2 aromatic rings. The van der Waals surface area contributed by atoms with E-state index in [0.717, 1.165) is 43.7 Å². The Morgan fingerprint density at radius 2 is 1.92 bits per heavy atom. The lowest BCUT2D eigenvalue weighted by Crippen LogP contribution is -2.61. The molecule has 6 nitrogen and oxygen atoms in total. The summed E-state index contributed by atoms with van der Waals surface area (Å²) in [4.78, 5) is 20.9. The van der Waals surface area contributed by atoms with Gasteiger partial charge in [-0.15, -0.1) is 0 Å². The number of hydrogen-bond donors (Lipinski definition) is 0. The second-order valence-corrected chi connectivity index (χ2v) is 6.95. The van der Waals surface area contributed by atoms with E-state index in [0.29, 0.717) is 18.5 Å². The van der Waals surface area contributed by atoms with E-state index < -0.39 is 5.60 Å². The molecule has 124 valence electrons. The Bertz CT molecular complexity index is 767. The molecule has 1 spiro atoms. The van der Waals surface area contributed by atoms with Gasteiger partial charge in [-0.2, -0.15) is 4.98 Å². The minimum Gasteiger partial charge on any atom is -0.439 e. The van der Waals surface area contributed by atoms with Gasteiger partial charge in [0.05, 0.1) is 6.54 Å². The molecule has 6 rings (SSSR count). The highest BCUT2D eigenvalue weighted by atomic mass is 16.6. The number of benzene rings is 1. The second-order valence-electron chi connectivity index (χ2n) is 6.95. The molecular weight excluding hydrogens is 306 g/mol. The van der Waals surface area contributed by atoms with E-state index in [1.54, 1.807) is 11.2 Å². The zero-order valence-corrected chi connectivity index (χ0v) is 13.4. The normalized spacial score (nSPS) is 31.7. The molecule has 0 unspecified atom stereocenters. The summed E-state index contributed by atoms with van der Waals surface area (Å²) in [6, 6.07) is 10.1. The molecule has 5 heterocycles. The van der Waals surface area contributed by atoms with Gasteiger partial charge in [-0.25, -0.2) is 9.69 Å². The number of rotatable bonds is 2. The fraction of sp³-hybridized carbons (Fsp3) is 0.444. The third-order valence-electron chi connectivity index (χ3n) is 5.55. The van der Waals surface area contributed by atoms with Crippen LogP contribution < -0.4 is 4.90 Å². The smallest absolute Gasteiger partial charge is 0.418 e. The van der Waals surface area contributed by atoms with E-state index in [2.05, 4.69) is 9.88 Å². The maximum Gasteiger partial charge on any atom is 0.418 e. The first kappa shape index (κ1) is 14.0. The lowest BCUT2D eigenvalue weighted by atomic mass is 9.75. The SMILES string of the molecule is O=C1O[C@]2(CN3CCC2CC3)CN1c1nc(-c2ccccc2)co1.